The molecule has 0 spiro atoms. The normalized spacial score (nSPS) is 18.7. The number of amides is 1. The summed E-state index contributed by atoms with van der Waals surface area (Å²) in [6.07, 6.45) is 11.7. The molecule has 0 saturated heterocycles. The zero-order chi connectivity index (χ0) is 17.9. The van der Waals surface area contributed by atoms with Gasteiger partial charge in [0.25, 0.3) is 0 Å². The molecule has 1 aliphatic carbocycles. The second-order valence-electron chi connectivity index (χ2n) is 6.66. The highest BCUT2D eigenvalue weighted by molar-refractivity contribution is 6.31. The van der Waals surface area contributed by atoms with Crippen molar-refractivity contribution in [1.82, 2.24) is 15.3 Å². The number of aromatic nitrogens is 2. The van der Waals surface area contributed by atoms with Crippen LogP contribution in [-0.4, -0.2) is 28.5 Å². The van der Waals surface area contributed by atoms with Crippen molar-refractivity contribution in [2.24, 2.45) is 0 Å². The molecule has 1 aromatic carbocycles. The summed E-state index contributed by atoms with van der Waals surface area (Å²) in [4.78, 5) is 20.8. The number of nitrogens with one attached hydrogen (secondary N) is 1. The summed E-state index contributed by atoms with van der Waals surface area (Å²) in [5.41, 5.74) is 3.50. The second-order valence-corrected chi connectivity index (χ2v) is 7.10. The summed E-state index contributed by atoms with van der Waals surface area (Å²) in [5.74, 6) is 0.808. The smallest absolute Gasteiger partial charge is 0.247 e. The van der Waals surface area contributed by atoms with E-state index >= 15 is 0 Å². The Kier molecular flexibility index (Phi) is 4.89. The highest BCUT2D eigenvalue weighted by Gasteiger charge is 2.27. The summed E-state index contributed by atoms with van der Waals surface area (Å²) in [7, 11) is 0. The van der Waals surface area contributed by atoms with Crippen molar-refractivity contribution in [3.8, 4) is 17.0 Å². The number of hydrogen-bond donors (Lipinski definition) is 1. The maximum Gasteiger partial charge on any atom is 0.247 e. The highest BCUT2D eigenvalue weighted by Crippen LogP contribution is 2.40. The van der Waals surface area contributed by atoms with Gasteiger partial charge in [0.05, 0.1) is 18.4 Å². The van der Waals surface area contributed by atoms with E-state index in [-0.39, 0.29) is 12.0 Å². The van der Waals surface area contributed by atoms with Crippen LogP contribution in [0.5, 0.6) is 5.75 Å². The van der Waals surface area contributed by atoms with Crippen LogP contribution < -0.4 is 10.1 Å². The molecule has 0 radical (unpaired) electrons. The van der Waals surface area contributed by atoms with Gasteiger partial charge in [-0.05, 0) is 37.8 Å². The lowest BCUT2D eigenvalue weighted by molar-refractivity contribution is -0.118. The fraction of sp³-hybridized carbons (Fsp3) is 0.350. The maximum absolute atomic E-state index is 12.3. The predicted molar refractivity (Wildman–Crippen MR) is 100 cm³/mol. The molecule has 2 aliphatic rings. The molecule has 4 rings (SSSR count). The van der Waals surface area contributed by atoms with Gasteiger partial charge in [-0.25, -0.2) is 0 Å². The van der Waals surface area contributed by atoms with Gasteiger partial charge in [-0.3, -0.25) is 14.8 Å². The van der Waals surface area contributed by atoms with E-state index in [0.717, 1.165) is 47.4 Å². The first-order valence-electron chi connectivity index (χ1n) is 8.93. The van der Waals surface area contributed by atoms with Gasteiger partial charge in [0, 0.05) is 40.5 Å². The minimum Gasteiger partial charge on any atom is -0.487 e. The van der Waals surface area contributed by atoms with E-state index in [4.69, 9.17) is 16.3 Å². The van der Waals surface area contributed by atoms with Crippen molar-refractivity contribution in [1.29, 1.82) is 0 Å². The minimum atomic E-state index is -0.105. The molecule has 1 atom stereocenters. The van der Waals surface area contributed by atoms with E-state index in [0.29, 0.717) is 18.0 Å². The summed E-state index contributed by atoms with van der Waals surface area (Å²) in [6.45, 7) is 0.475. The number of halogens is 1. The van der Waals surface area contributed by atoms with Crippen LogP contribution >= 0.6 is 11.6 Å². The Morgan fingerprint density at radius 1 is 1.31 bits per heavy atom. The van der Waals surface area contributed by atoms with Gasteiger partial charge in [-0.2, -0.15) is 0 Å². The van der Waals surface area contributed by atoms with Gasteiger partial charge in [0.15, 0.2) is 0 Å². The Bertz CT molecular complexity index is 852. The SMILES string of the molecule is O=C(NCC1Cc2cc(Cl)cc(-c3cnccn3)c2O1)C1=CCCCC1. The quantitative estimate of drug-likeness (QED) is 0.892. The zero-order valence-corrected chi connectivity index (χ0v) is 15.1. The Hall–Kier alpha value is -2.40. The summed E-state index contributed by atoms with van der Waals surface area (Å²) in [6, 6.07) is 3.76. The number of fused-ring (bicyclic) bond motifs is 1. The van der Waals surface area contributed by atoms with Crippen molar-refractivity contribution < 1.29 is 9.53 Å². The van der Waals surface area contributed by atoms with E-state index in [1.807, 2.05) is 12.1 Å². The fourth-order valence-electron chi connectivity index (χ4n) is 3.50. The summed E-state index contributed by atoms with van der Waals surface area (Å²) >= 11 is 6.27. The number of ether oxygens (including phenoxy) is 1. The lowest BCUT2D eigenvalue weighted by Gasteiger charge is -2.16. The third-order valence-electron chi connectivity index (χ3n) is 4.77. The topological polar surface area (TPSA) is 64.1 Å². The number of hydrogen-bond acceptors (Lipinski definition) is 4. The van der Waals surface area contributed by atoms with Crippen LogP contribution in [0.15, 0.2) is 42.4 Å². The zero-order valence-electron chi connectivity index (χ0n) is 14.4. The molecule has 1 aliphatic heterocycles. The van der Waals surface area contributed by atoms with Gasteiger partial charge in [-0.1, -0.05) is 17.7 Å². The molecule has 5 nitrogen and oxygen atoms in total. The Balaban J connectivity index is 1.47. The molecule has 1 N–H and O–H groups in total. The van der Waals surface area contributed by atoms with Gasteiger partial charge in [0.2, 0.25) is 5.91 Å². The third kappa shape index (κ3) is 3.58. The number of nitrogens with zero attached hydrogens (tertiary/aromatic N) is 2. The Labute approximate surface area is 157 Å². The first kappa shape index (κ1) is 17.0. The first-order valence-corrected chi connectivity index (χ1v) is 9.31. The minimum absolute atomic E-state index is 0.0245. The number of carbonyl (C=O) groups excluding carboxylic acids is 1. The first-order chi connectivity index (χ1) is 12.7. The molecule has 2 aromatic rings. The molecule has 134 valence electrons. The van der Waals surface area contributed by atoms with E-state index in [1.54, 1.807) is 18.6 Å². The van der Waals surface area contributed by atoms with Crippen molar-refractivity contribution >= 4 is 17.5 Å². The van der Waals surface area contributed by atoms with Crippen molar-refractivity contribution in [3.05, 3.63) is 53.0 Å². The molecule has 6 heteroatoms. The van der Waals surface area contributed by atoms with Crippen LogP contribution in [0.4, 0.5) is 0 Å². The molecular weight excluding hydrogens is 350 g/mol. The van der Waals surface area contributed by atoms with Crippen molar-refractivity contribution in [2.45, 2.75) is 38.2 Å². The molecule has 1 unspecified atom stereocenters. The molecule has 0 fully saturated rings. The maximum atomic E-state index is 12.3. The third-order valence-corrected chi connectivity index (χ3v) is 4.99. The van der Waals surface area contributed by atoms with E-state index in [1.165, 1.54) is 6.42 Å². The molecular formula is C20H20ClN3O2. The van der Waals surface area contributed by atoms with Crippen LogP contribution in [0.3, 0.4) is 0 Å². The van der Waals surface area contributed by atoms with E-state index < -0.39 is 0 Å². The molecule has 1 amide bonds. The number of carbonyl (C=O) groups is 1. The number of allylic oxidation sites excluding steroid dienone is 1. The monoisotopic (exact) mass is 369 g/mol. The van der Waals surface area contributed by atoms with Gasteiger partial charge < -0.3 is 10.1 Å². The van der Waals surface area contributed by atoms with Gasteiger partial charge in [0.1, 0.15) is 11.9 Å². The standard InChI is InChI=1S/C20H20ClN3O2/c21-15-8-14-9-16(11-24-20(25)13-4-2-1-3-5-13)26-19(14)17(10-15)18-12-22-6-7-23-18/h4,6-8,10,12,16H,1-3,5,9,11H2,(H,24,25). The van der Waals surface area contributed by atoms with Gasteiger partial charge >= 0.3 is 0 Å². The number of rotatable bonds is 4. The van der Waals surface area contributed by atoms with Crippen molar-refractivity contribution in [3.63, 3.8) is 0 Å². The average Bonchev–Trinajstić information content (AvgIpc) is 3.09. The second kappa shape index (κ2) is 7.46. The predicted octanol–water partition coefficient (Wildman–Crippen LogP) is 3.72. The van der Waals surface area contributed by atoms with Crippen molar-refractivity contribution in [2.75, 3.05) is 6.54 Å². The lowest BCUT2D eigenvalue weighted by Crippen LogP contribution is -2.35. The molecule has 1 aromatic heterocycles. The molecule has 0 bridgehead atoms. The number of benzene rings is 1. The lowest BCUT2D eigenvalue weighted by atomic mass is 9.99. The molecule has 0 saturated carbocycles. The van der Waals surface area contributed by atoms with Crippen LogP contribution in [0.25, 0.3) is 11.3 Å². The largest absolute Gasteiger partial charge is 0.487 e. The summed E-state index contributed by atoms with van der Waals surface area (Å²) in [5, 5.41) is 3.65. The van der Waals surface area contributed by atoms with Crippen LogP contribution in [0.1, 0.15) is 31.2 Å². The van der Waals surface area contributed by atoms with E-state index in [9.17, 15) is 4.79 Å². The van der Waals surface area contributed by atoms with E-state index in [2.05, 4.69) is 21.4 Å². The molecule has 2 heterocycles. The van der Waals surface area contributed by atoms with Crippen LogP contribution in [-0.2, 0) is 11.2 Å². The Morgan fingerprint density at radius 2 is 2.23 bits per heavy atom. The van der Waals surface area contributed by atoms with Crippen LogP contribution in [0.2, 0.25) is 5.02 Å². The molecule has 26 heavy (non-hydrogen) atoms. The van der Waals surface area contributed by atoms with Crippen LogP contribution in [0, 0.1) is 0 Å². The summed E-state index contributed by atoms with van der Waals surface area (Å²) < 4.78 is 6.12. The Morgan fingerprint density at radius 3 is 3.00 bits per heavy atom. The highest BCUT2D eigenvalue weighted by atomic mass is 35.5. The average molecular weight is 370 g/mol. The fourth-order valence-corrected chi connectivity index (χ4v) is 3.74. The van der Waals surface area contributed by atoms with Gasteiger partial charge in [-0.15, -0.1) is 0 Å².